The number of benzene rings is 3. The van der Waals surface area contributed by atoms with E-state index >= 15 is 0 Å². The van der Waals surface area contributed by atoms with E-state index < -0.39 is 18.6 Å². The van der Waals surface area contributed by atoms with E-state index in [0.717, 1.165) is 5.56 Å². The number of ether oxygens (including phenoxy) is 1. The lowest BCUT2D eigenvalue weighted by Gasteiger charge is -2.17. The van der Waals surface area contributed by atoms with E-state index in [1.807, 2.05) is 12.1 Å². The van der Waals surface area contributed by atoms with Gasteiger partial charge in [0.15, 0.2) is 6.61 Å². The van der Waals surface area contributed by atoms with Gasteiger partial charge in [0.05, 0.1) is 12.7 Å². The van der Waals surface area contributed by atoms with Gasteiger partial charge in [-0.1, -0.05) is 48.5 Å². The first-order valence-electron chi connectivity index (χ1n) is 10.4. The third kappa shape index (κ3) is 6.50. The fourth-order valence-electron chi connectivity index (χ4n) is 3.22. The minimum absolute atomic E-state index is 0.00683. The number of hydrogen-bond donors (Lipinski definition) is 4. The number of hydrogen-bond acceptors (Lipinski definition) is 5. The first kappa shape index (κ1) is 23.7. The lowest BCUT2D eigenvalue weighted by atomic mass is 10.1. The molecular weight excluding hydrogens is 416 g/mol. The molecule has 170 valence electrons. The normalized spacial score (nSPS) is 12.5. The summed E-state index contributed by atoms with van der Waals surface area (Å²) in [6.45, 7) is -0.117. The van der Waals surface area contributed by atoms with Gasteiger partial charge in [0, 0.05) is 17.7 Å². The molecule has 7 heteroatoms. The highest BCUT2D eigenvalue weighted by molar-refractivity contribution is 5.36. The van der Waals surface area contributed by atoms with E-state index in [1.54, 1.807) is 42.5 Å². The van der Waals surface area contributed by atoms with Crippen molar-refractivity contribution in [2.75, 3.05) is 19.7 Å². The van der Waals surface area contributed by atoms with E-state index in [1.165, 1.54) is 18.2 Å². The van der Waals surface area contributed by atoms with Crippen LogP contribution in [-0.2, 0) is 19.0 Å². The Kier molecular flexibility index (Phi) is 8.16. The summed E-state index contributed by atoms with van der Waals surface area (Å²) in [4.78, 5) is 0. The molecule has 3 aromatic carbocycles. The van der Waals surface area contributed by atoms with E-state index in [9.17, 15) is 24.1 Å². The topological polar surface area (TPSA) is 82.0 Å². The van der Waals surface area contributed by atoms with Crippen molar-refractivity contribution in [3.63, 3.8) is 0 Å². The largest absolute Gasteiger partial charge is 0.508 e. The Morgan fingerprint density at radius 2 is 1.69 bits per heavy atom. The number of nitrogens with one attached hydrogen (secondary N) is 1. The summed E-state index contributed by atoms with van der Waals surface area (Å²) >= 11 is 0. The molecule has 32 heavy (non-hydrogen) atoms. The highest BCUT2D eigenvalue weighted by Crippen LogP contribution is 2.29. The zero-order chi connectivity index (χ0) is 23.0. The fraction of sp³-hybridized carbons (Fsp3) is 0.280. The average molecular weight is 443 g/mol. The first-order chi connectivity index (χ1) is 15.4. The summed E-state index contributed by atoms with van der Waals surface area (Å²) in [7, 11) is 0. The molecule has 3 aromatic rings. The molecule has 0 aromatic heterocycles. The Morgan fingerprint density at radius 1 is 0.969 bits per heavy atom. The fourth-order valence-corrected chi connectivity index (χ4v) is 3.22. The van der Waals surface area contributed by atoms with Crippen molar-refractivity contribution in [1.82, 2.24) is 5.32 Å². The Hall–Kier alpha value is -3.00. The van der Waals surface area contributed by atoms with Crippen LogP contribution in [0.1, 0.15) is 28.4 Å². The number of aromatic hydroxyl groups is 1. The summed E-state index contributed by atoms with van der Waals surface area (Å²) in [6.07, 6.45) is -0.0899. The third-order valence-electron chi connectivity index (χ3n) is 5.13. The van der Waals surface area contributed by atoms with E-state index in [-0.39, 0.29) is 17.9 Å². The minimum atomic E-state index is -3.07. The zero-order valence-electron chi connectivity index (χ0n) is 17.5. The zero-order valence-corrected chi connectivity index (χ0v) is 17.5. The summed E-state index contributed by atoms with van der Waals surface area (Å²) in [5.74, 6) is -2.70. The molecule has 0 fully saturated rings. The number of halogens is 2. The van der Waals surface area contributed by atoms with Crippen LogP contribution in [0, 0.1) is 0 Å². The van der Waals surface area contributed by atoms with E-state index in [2.05, 4.69) is 5.32 Å². The number of aliphatic hydroxyl groups is 2. The van der Waals surface area contributed by atoms with Crippen molar-refractivity contribution in [3.8, 4) is 11.5 Å². The Morgan fingerprint density at radius 3 is 2.38 bits per heavy atom. The van der Waals surface area contributed by atoms with Crippen LogP contribution in [0.4, 0.5) is 8.78 Å². The Bertz CT molecular complexity index is 981. The molecule has 0 aliphatic heterocycles. The number of alkyl halides is 2. The summed E-state index contributed by atoms with van der Waals surface area (Å²) in [5, 5.41) is 32.2. The quantitative estimate of drug-likeness (QED) is 0.338. The maximum absolute atomic E-state index is 14.2. The van der Waals surface area contributed by atoms with Crippen LogP contribution >= 0.6 is 0 Å². The van der Waals surface area contributed by atoms with Gasteiger partial charge < -0.3 is 25.4 Å². The first-order valence-corrected chi connectivity index (χ1v) is 10.4. The van der Waals surface area contributed by atoms with Gasteiger partial charge in [0.2, 0.25) is 0 Å². The predicted molar refractivity (Wildman–Crippen MR) is 118 cm³/mol. The van der Waals surface area contributed by atoms with Crippen molar-refractivity contribution in [1.29, 1.82) is 0 Å². The second kappa shape index (κ2) is 11.0. The molecule has 0 aliphatic carbocycles. The van der Waals surface area contributed by atoms with Gasteiger partial charge in [-0.05, 0) is 48.4 Å². The van der Waals surface area contributed by atoms with Gasteiger partial charge in [-0.3, -0.25) is 0 Å². The van der Waals surface area contributed by atoms with Crippen LogP contribution in [0.3, 0.4) is 0 Å². The van der Waals surface area contributed by atoms with Gasteiger partial charge in [-0.25, -0.2) is 0 Å². The molecule has 1 atom stereocenters. The molecule has 4 N–H and O–H groups in total. The maximum atomic E-state index is 14.2. The van der Waals surface area contributed by atoms with Crippen LogP contribution in [0.5, 0.6) is 11.5 Å². The highest BCUT2D eigenvalue weighted by Gasteiger charge is 2.32. The van der Waals surface area contributed by atoms with Crippen molar-refractivity contribution in [2.45, 2.75) is 25.1 Å². The third-order valence-corrected chi connectivity index (χ3v) is 5.13. The molecule has 3 rings (SSSR count). The molecular formula is C25H27F2NO4. The summed E-state index contributed by atoms with van der Waals surface area (Å²) in [6, 6.07) is 19.2. The Balaban J connectivity index is 1.42. The second-order valence-electron chi connectivity index (χ2n) is 7.52. The van der Waals surface area contributed by atoms with Crippen molar-refractivity contribution < 1.29 is 28.8 Å². The molecule has 0 saturated carbocycles. The lowest BCUT2D eigenvalue weighted by Crippen LogP contribution is -2.24. The molecule has 5 nitrogen and oxygen atoms in total. The molecule has 0 aliphatic rings. The monoisotopic (exact) mass is 443 g/mol. The standard InChI is InChI=1S/C25H27F2NO4/c26-25(27,21-4-2-1-3-5-21)17-32-22-9-6-18(7-10-22)12-13-28-15-24(31)19-8-11-23(30)20(14-19)16-29/h1-11,14,24,28-31H,12-13,15-17H2/t24-/m0/s1. The molecule has 0 bridgehead atoms. The SMILES string of the molecule is OCc1cc([C@@H](O)CNCCc2ccc(OCC(F)(F)c3ccccc3)cc2)ccc1O. The molecule has 0 radical (unpaired) electrons. The second-order valence-corrected chi connectivity index (χ2v) is 7.52. The van der Waals surface area contributed by atoms with Crippen LogP contribution in [0.2, 0.25) is 0 Å². The lowest BCUT2D eigenvalue weighted by molar-refractivity contribution is -0.0467. The number of aliphatic hydroxyl groups excluding tert-OH is 2. The predicted octanol–water partition coefficient (Wildman–Crippen LogP) is 3.92. The Labute approximate surface area is 185 Å². The van der Waals surface area contributed by atoms with E-state index in [0.29, 0.717) is 36.4 Å². The number of phenols is 1. The van der Waals surface area contributed by atoms with Gasteiger partial charge in [0.1, 0.15) is 11.5 Å². The molecule has 0 spiro atoms. The average Bonchev–Trinajstić information content (AvgIpc) is 2.82. The minimum Gasteiger partial charge on any atom is -0.508 e. The van der Waals surface area contributed by atoms with Gasteiger partial charge in [-0.15, -0.1) is 0 Å². The van der Waals surface area contributed by atoms with E-state index in [4.69, 9.17) is 4.74 Å². The summed E-state index contributed by atoms with van der Waals surface area (Å²) < 4.78 is 33.7. The van der Waals surface area contributed by atoms with Crippen LogP contribution in [0.15, 0.2) is 72.8 Å². The van der Waals surface area contributed by atoms with Crippen molar-refractivity contribution in [3.05, 3.63) is 95.1 Å². The van der Waals surface area contributed by atoms with Gasteiger partial charge >= 0.3 is 5.92 Å². The van der Waals surface area contributed by atoms with Gasteiger partial charge in [0.25, 0.3) is 0 Å². The molecule has 0 unspecified atom stereocenters. The van der Waals surface area contributed by atoms with Crippen LogP contribution < -0.4 is 10.1 Å². The maximum Gasteiger partial charge on any atom is 0.306 e. The van der Waals surface area contributed by atoms with Crippen molar-refractivity contribution in [2.24, 2.45) is 0 Å². The highest BCUT2D eigenvalue weighted by atomic mass is 19.3. The van der Waals surface area contributed by atoms with Crippen LogP contribution in [0.25, 0.3) is 0 Å². The van der Waals surface area contributed by atoms with Gasteiger partial charge in [-0.2, -0.15) is 8.78 Å². The van der Waals surface area contributed by atoms with Crippen LogP contribution in [-0.4, -0.2) is 35.0 Å². The van der Waals surface area contributed by atoms with Crippen molar-refractivity contribution >= 4 is 0 Å². The molecule has 0 amide bonds. The molecule has 0 saturated heterocycles. The molecule has 0 heterocycles. The number of rotatable bonds is 11. The smallest absolute Gasteiger partial charge is 0.306 e. The summed E-state index contributed by atoms with van der Waals surface area (Å²) in [5.41, 5.74) is 1.89.